The lowest BCUT2D eigenvalue weighted by atomic mass is 10.3. The summed E-state index contributed by atoms with van der Waals surface area (Å²) in [5, 5.41) is 0.00878. The van der Waals surface area contributed by atoms with Crippen molar-refractivity contribution >= 4 is 31.3 Å². The molecule has 1 aromatic heterocycles. The molecule has 1 rings (SSSR count). The summed E-state index contributed by atoms with van der Waals surface area (Å²) < 4.78 is 27.0. The smallest absolute Gasteiger partial charge is 0.279 e. The van der Waals surface area contributed by atoms with Gasteiger partial charge in [-0.3, -0.25) is 0 Å². The maximum Gasteiger partial charge on any atom is 0.279 e. The number of pyridine rings is 1. The van der Waals surface area contributed by atoms with Crippen LogP contribution >= 0.6 is 22.3 Å². The molecule has 0 saturated carbocycles. The van der Waals surface area contributed by atoms with Crippen LogP contribution in [0.25, 0.3) is 0 Å². The Bertz CT molecular complexity index is 458. The minimum Gasteiger partial charge on any atom is -0.495 e. The second-order valence-corrected chi connectivity index (χ2v) is 5.40. The standard InChI is InChI=1S/C7H7Cl2NO3S/c1-4-6(13-2)5(8)3-10-7(4)14(9,11)12/h3H,1-2H3. The van der Waals surface area contributed by atoms with Gasteiger partial charge in [0.15, 0.2) is 5.03 Å². The Morgan fingerprint density at radius 1 is 1.50 bits per heavy atom. The predicted molar refractivity (Wildman–Crippen MR) is 53.6 cm³/mol. The number of hydrogen-bond acceptors (Lipinski definition) is 4. The van der Waals surface area contributed by atoms with Gasteiger partial charge in [-0.2, -0.15) is 0 Å². The molecule has 0 saturated heterocycles. The topological polar surface area (TPSA) is 56.3 Å². The molecule has 0 aliphatic rings. The quantitative estimate of drug-likeness (QED) is 0.759. The summed E-state index contributed by atoms with van der Waals surface area (Å²) in [6, 6.07) is 0. The summed E-state index contributed by atoms with van der Waals surface area (Å²) >= 11 is 5.73. The van der Waals surface area contributed by atoms with E-state index in [1.165, 1.54) is 20.2 Å². The second kappa shape index (κ2) is 3.92. The normalized spacial score (nSPS) is 11.4. The molecule has 7 heteroatoms. The van der Waals surface area contributed by atoms with Crippen LogP contribution in [0.3, 0.4) is 0 Å². The van der Waals surface area contributed by atoms with E-state index in [9.17, 15) is 8.42 Å². The molecule has 0 unspecified atom stereocenters. The Hall–Kier alpha value is -0.520. The Morgan fingerprint density at radius 2 is 2.07 bits per heavy atom. The van der Waals surface area contributed by atoms with E-state index in [1.54, 1.807) is 0 Å². The molecule has 0 aliphatic carbocycles. The maximum atomic E-state index is 11.0. The lowest BCUT2D eigenvalue weighted by molar-refractivity contribution is 0.409. The van der Waals surface area contributed by atoms with E-state index in [2.05, 4.69) is 4.98 Å². The van der Waals surface area contributed by atoms with Crippen molar-refractivity contribution in [3.8, 4) is 5.75 Å². The average molecular weight is 256 g/mol. The number of aromatic nitrogens is 1. The highest BCUT2D eigenvalue weighted by Gasteiger charge is 2.19. The number of methoxy groups -OCH3 is 1. The van der Waals surface area contributed by atoms with E-state index in [-0.39, 0.29) is 15.8 Å². The molecule has 1 heterocycles. The van der Waals surface area contributed by atoms with E-state index in [1.807, 2.05) is 0 Å². The van der Waals surface area contributed by atoms with Gasteiger partial charge in [-0.05, 0) is 6.92 Å². The van der Waals surface area contributed by atoms with Crippen molar-refractivity contribution in [3.63, 3.8) is 0 Å². The molecule has 0 spiro atoms. The van der Waals surface area contributed by atoms with Gasteiger partial charge in [0.1, 0.15) is 10.8 Å². The zero-order chi connectivity index (χ0) is 10.9. The maximum absolute atomic E-state index is 11.0. The van der Waals surface area contributed by atoms with E-state index < -0.39 is 9.05 Å². The second-order valence-electron chi connectivity index (χ2n) is 2.51. The van der Waals surface area contributed by atoms with Crippen molar-refractivity contribution in [1.82, 2.24) is 4.98 Å². The van der Waals surface area contributed by atoms with Crippen molar-refractivity contribution in [3.05, 3.63) is 16.8 Å². The van der Waals surface area contributed by atoms with Crippen molar-refractivity contribution < 1.29 is 13.2 Å². The first-order chi connectivity index (χ1) is 6.38. The molecule has 0 fully saturated rings. The van der Waals surface area contributed by atoms with Crippen LogP contribution in [0.15, 0.2) is 11.2 Å². The van der Waals surface area contributed by atoms with Crippen LogP contribution in [0.5, 0.6) is 5.75 Å². The highest BCUT2D eigenvalue weighted by molar-refractivity contribution is 8.13. The number of hydrogen-bond donors (Lipinski definition) is 0. The van der Waals surface area contributed by atoms with Gasteiger partial charge in [0, 0.05) is 16.2 Å². The summed E-state index contributed by atoms with van der Waals surface area (Å²) in [5.74, 6) is 0.265. The van der Waals surface area contributed by atoms with Crippen molar-refractivity contribution in [2.75, 3.05) is 7.11 Å². The van der Waals surface area contributed by atoms with Crippen LogP contribution in [0, 0.1) is 6.92 Å². The Kier molecular flexibility index (Phi) is 3.24. The summed E-state index contributed by atoms with van der Waals surface area (Å²) in [6.07, 6.45) is 1.18. The third-order valence-corrected chi connectivity index (χ3v) is 3.19. The first kappa shape index (κ1) is 11.6. The molecule has 14 heavy (non-hydrogen) atoms. The Morgan fingerprint density at radius 3 is 2.50 bits per heavy atom. The van der Waals surface area contributed by atoms with Crippen LogP contribution in [0.2, 0.25) is 5.02 Å². The minimum absolute atomic E-state index is 0.236. The summed E-state index contributed by atoms with van der Waals surface area (Å²) in [5.41, 5.74) is 0.301. The Balaban J connectivity index is 3.52. The van der Waals surface area contributed by atoms with Gasteiger partial charge in [0.2, 0.25) is 0 Å². The molecule has 0 N–H and O–H groups in total. The molecular weight excluding hydrogens is 249 g/mol. The zero-order valence-electron chi connectivity index (χ0n) is 7.41. The summed E-state index contributed by atoms with van der Waals surface area (Å²) in [4.78, 5) is 3.63. The zero-order valence-corrected chi connectivity index (χ0v) is 9.74. The van der Waals surface area contributed by atoms with Gasteiger partial charge in [-0.25, -0.2) is 13.4 Å². The molecule has 0 radical (unpaired) electrons. The highest BCUT2D eigenvalue weighted by Crippen LogP contribution is 2.31. The number of rotatable bonds is 2. The van der Waals surface area contributed by atoms with Crippen LogP contribution in [0.1, 0.15) is 5.56 Å². The van der Waals surface area contributed by atoms with Crippen molar-refractivity contribution in [2.45, 2.75) is 11.9 Å². The molecule has 78 valence electrons. The summed E-state index contributed by atoms with van der Waals surface area (Å²) in [6.45, 7) is 1.52. The fourth-order valence-corrected chi connectivity index (χ4v) is 2.41. The SMILES string of the molecule is COc1c(Cl)cnc(S(=O)(=O)Cl)c1C. The third kappa shape index (κ3) is 2.10. The van der Waals surface area contributed by atoms with Crippen LogP contribution < -0.4 is 4.74 Å². The Labute approximate surface area is 91.2 Å². The molecule has 0 bridgehead atoms. The van der Waals surface area contributed by atoms with E-state index in [0.717, 1.165) is 0 Å². The fraction of sp³-hybridized carbons (Fsp3) is 0.286. The van der Waals surface area contributed by atoms with Crippen LogP contribution in [0.4, 0.5) is 0 Å². The predicted octanol–water partition coefficient (Wildman–Crippen LogP) is 1.98. The number of ether oxygens (including phenoxy) is 1. The lowest BCUT2D eigenvalue weighted by Crippen LogP contribution is -2.01. The molecule has 0 aromatic carbocycles. The first-order valence-corrected chi connectivity index (χ1v) is 6.20. The van der Waals surface area contributed by atoms with Crippen molar-refractivity contribution in [1.29, 1.82) is 0 Å². The summed E-state index contributed by atoms with van der Waals surface area (Å²) in [7, 11) is 2.68. The minimum atomic E-state index is -3.86. The molecule has 0 aliphatic heterocycles. The van der Waals surface area contributed by atoms with Crippen molar-refractivity contribution in [2.24, 2.45) is 0 Å². The molecule has 0 amide bonds. The monoisotopic (exact) mass is 255 g/mol. The number of halogens is 2. The van der Waals surface area contributed by atoms with E-state index >= 15 is 0 Å². The van der Waals surface area contributed by atoms with Crippen LogP contribution in [-0.4, -0.2) is 20.5 Å². The molecule has 4 nitrogen and oxygen atoms in total. The van der Waals surface area contributed by atoms with Gasteiger partial charge in [-0.15, -0.1) is 0 Å². The van der Waals surface area contributed by atoms with Crippen LogP contribution in [-0.2, 0) is 9.05 Å². The fourth-order valence-electron chi connectivity index (χ4n) is 1.04. The first-order valence-electron chi connectivity index (χ1n) is 3.51. The van der Waals surface area contributed by atoms with Gasteiger partial charge in [-0.1, -0.05) is 11.6 Å². The van der Waals surface area contributed by atoms with E-state index in [4.69, 9.17) is 27.0 Å². The molecular formula is C7H7Cl2NO3S. The average Bonchev–Trinajstić information content (AvgIpc) is 2.02. The molecule has 0 atom stereocenters. The van der Waals surface area contributed by atoms with E-state index in [0.29, 0.717) is 5.56 Å². The lowest BCUT2D eigenvalue weighted by Gasteiger charge is -2.08. The van der Waals surface area contributed by atoms with Gasteiger partial charge in [0.25, 0.3) is 9.05 Å². The number of nitrogens with zero attached hydrogens (tertiary/aromatic N) is 1. The van der Waals surface area contributed by atoms with Gasteiger partial charge >= 0.3 is 0 Å². The van der Waals surface area contributed by atoms with Gasteiger partial charge < -0.3 is 4.74 Å². The largest absolute Gasteiger partial charge is 0.495 e. The third-order valence-electron chi connectivity index (χ3n) is 1.61. The highest BCUT2D eigenvalue weighted by atomic mass is 35.7. The molecule has 1 aromatic rings. The van der Waals surface area contributed by atoms with Gasteiger partial charge in [0.05, 0.1) is 13.3 Å².